The lowest BCUT2D eigenvalue weighted by atomic mass is 9.99. The Balaban J connectivity index is 1.87. The highest BCUT2D eigenvalue weighted by atomic mass is 19.1. The predicted octanol–water partition coefficient (Wildman–Crippen LogP) is 6.24. The van der Waals surface area contributed by atoms with E-state index in [-0.39, 0.29) is 5.69 Å². The molecule has 3 aromatic carbocycles. The minimum absolute atomic E-state index is 0.0417. The van der Waals surface area contributed by atoms with Gasteiger partial charge in [-0.15, -0.1) is 0 Å². The molecule has 2 nitrogen and oxygen atoms in total. The van der Waals surface area contributed by atoms with Crippen LogP contribution >= 0.6 is 0 Å². The Morgan fingerprint density at radius 1 is 0.920 bits per heavy atom. The fourth-order valence-electron chi connectivity index (χ4n) is 2.85. The summed E-state index contributed by atoms with van der Waals surface area (Å²) in [5.74, 6) is 0.359. The molecule has 3 aromatic rings. The zero-order valence-electron chi connectivity index (χ0n) is 14.2. The standard InChI is InChI=1S/C22H18FNO/c1-15-11-19(18-9-10-21(24-3)20(23)13-18)12-16(2)22(15)25-14-17-7-5-4-6-8-17/h4-13H,14H2,1-2H3. The average molecular weight is 331 g/mol. The lowest BCUT2D eigenvalue weighted by Gasteiger charge is -2.14. The van der Waals surface area contributed by atoms with Crippen molar-refractivity contribution in [3.63, 3.8) is 0 Å². The van der Waals surface area contributed by atoms with Crippen LogP contribution < -0.4 is 4.74 Å². The molecule has 0 aromatic heterocycles. The first-order chi connectivity index (χ1) is 12.1. The number of hydrogen-bond donors (Lipinski definition) is 0. The molecule has 0 aliphatic rings. The monoisotopic (exact) mass is 331 g/mol. The molecule has 0 heterocycles. The Labute approximate surface area is 147 Å². The van der Waals surface area contributed by atoms with Crippen molar-refractivity contribution in [2.75, 3.05) is 0 Å². The Kier molecular flexibility index (Phi) is 4.81. The van der Waals surface area contributed by atoms with E-state index in [9.17, 15) is 4.39 Å². The van der Waals surface area contributed by atoms with Gasteiger partial charge < -0.3 is 4.74 Å². The van der Waals surface area contributed by atoms with Crippen molar-refractivity contribution in [1.82, 2.24) is 0 Å². The number of aryl methyl sites for hydroxylation is 2. The van der Waals surface area contributed by atoms with Gasteiger partial charge in [0.2, 0.25) is 5.69 Å². The smallest absolute Gasteiger partial charge is 0.222 e. The Bertz CT molecular complexity index is 919. The third kappa shape index (κ3) is 3.70. The summed E-state index contributed by atoms with van der Waals surface area (Å²) in [7, 11) is 0. The van der Waals surface area contributed by atoms with E-state index >= 15 is 0 Å². The van der Waals surface area contributed by atoms with Crippen molar-refractivity contribution in [3.8, 4) is 16.9 Å². The first-order valence-electron chi connectivity index (χ1n) is 8.04. The van der Waals surface area contributed by atoms with Gasteiger partial charge in [-0.3, -0.25) is 0 Å². The van der Waals surface area contributed by atoms with Crippen molar-refractivity contribution in [1.29, 1.82) is 0 Å². The molecule has 0 saturated carbocycles. The maximum atomic E-state index is 13.9. The molecule has 0 saturated heterocycles. The van der Waals surface area contributed by atoms with Crippen LogP contribution in [0.2, 0.25) is 0 Å². The first kappa shape index (κ1) is 16.7. The second kappa shape index (κ2) is 7.19. The van der Waals surface area contributed by atoms with Crippen LogP contribution in [0.3, 0.4) is 0 Å². The molecule has 0 atom stereocenters. The van der Waals surface area contributed by atoms with Crippen molar-refractivity contribution in [3.05, 3.63) is 94.6 Å². The second-order valence-electron chi connectivity index (χ2n) is 5.99. The fourth-order valence-corrected chi connectivity index (χ4v) is 2.85. The van der Waals surface area contributed by atoms with Gasteiger partial charge >= 0.3 is 0 Å². The Hall–Kier alpha value is -3.12. The minimum Gasteiger partial charge on any atom is -0.488 e. The highest BCUT2D eigenvalue weighted by molar-refractivity contribution is 5.69. The number of halogens is 1. The Morgan fingerprint density at radius 2 is 1.60 bits per heavy atom. The zero-order valence-corrected chi connectivity index (χ0v) is 14.2. The molecule has 3 rings (SSSR count). The number of nitrogens with zero attached hydrogens (tertiary/aromatic N) is 1. The van der Waals surface area contributed by atoms with E-state index in [0.717, 1.165) is 33.6 Å². The molecule has 0 aliphatic carbocycles. The number of hydrogen-bond acceptors (Lipinski definition) is 1. The second-order valence-corrected chi connectivity index (χ2v) is 5.99. The van der Waals surface area contributed by atoms with Crippen LogP contribution in [0.5, 0.6) is 5.75 Å². The number of ether oxygens (including phenoxy) is 1. The summed E-state index contributed by atoms with van der Waals surface area (Å²) in [6, 6.07) is 18.7. The minimum atomic E-state index is -0.493. The van der Waals surface area contributed by atoms with Gasteiger partial charge in [-0.2, -0.15) is 0 Å². The maximum Gasteiger partial charge on any atom is 0.222 e. The van der Waals surface area contributed by atoms with E-state index in [1.165, 1.54) is 12.1 Å². The van der Waals surface area contributed by atoms with Gasteiger partial charge in [0, 0.05) is 0 Å². The van der Waals surface area contributed by atoms with Gasteiger partial charge in [-0.25, -0.2) is 9.24 Å². The van der Waals surface area contributed by atoms with E-state index in [2.05, 4.69) is 4.85 Å². The fraction of sp³-hybridized carbons (Fsp3) is 0.136. The lowest BCUT2D eigenvalue weighted by Crippen LogP contribution is -1.99. The van der Waals surface area contributed by atoms with Crippen LogP contribution in [0.1, 0.15) is 16.7 Å². The van der Waals surface area contributed by atoms with Crippen LogP contribution in [0.25, 0.3) is 16.0 Å². The van der Waals surface area contributed by atoms with Crippen molar-refractivity contribution < 1.29 is 9.13 Å². The quantitative estimate of drug-likeness (QED) is 0.516. The van der Waals surface area contributed by atoms with Crippen LogP contribution in [0, 0.1) is 26.2 Å². The third-order valence-corrected chi connectivity index (χ3v) is 4.09. The molecular formula is C22H18FNO. The van der Waals surface area contributed by atoms with Crippen molar-refractivity contribution in [2.45, 2.75) is 20.5 Å². The molecule has 0 fully saturated rings. The lowest BCUT2D eigenvalue weighted by molar-refractivity contribution is 0.302. The topological polar surface area (TPSA) is 13.6 Å². The van der Waals surface area contributed by atoms with Gasteiger partial charge in [0.05, 0.1) is 6.57 Å². The van der Waals surface area contributed by atoms with Gasteiger partial charge in [-0.1, -0.05) is 42.5 Å². The Morgan fingerprint density at radius 3 is 2.20 bits per heavy atom. The van der Waals surface area contributed by atoms with E-state index in [4.69, 9.17) is 11.3 Å². The summed E-state index contributed by atoms with van der Waals surface area (Å²) < 4.78 is 19.9. The summed E-state index contributed by atoms with van der Waals surface area (Å²) in [6.07, 6.45) is 0. The van der Waals surface area contributed by atoms with Crippen molar-refractivity contribution >= 4 is 5.69 Å². The summed E-state index contributed by atoms with van der Waals surface area (Å²) in [5, 5.41) is 0. The normalized spacial score (nSPS) is 10.3. The maximum absolute atomic E-state index is 13.9. The van der Waals surface area contributed by atoms with Gasteiger partial charge in [0.1, 0.15) is 18.2 Å². The molecule has 124 valence electrons. The summed E-state index contributed by atoms with van der Waals surface area (Å²) >= 11 is 0. The summed E-state index contributed by atoms with van der Waals surface area (Å²) in [4.78, 5) is 3.16. The number of benzene rings is 3. The molecule has 0 aliphatic heterocycles. The largest absolute Gasteiger partial charge is 0.488 e. The molecule has 0 N–H and O–H groups in total. The van der Waals surface area contributed by atoms with E-state index in [1.54, 1.807) is 6.07 Å². The van der Waals surface area contributed by atoms with Gasteiger partial charge in [0.15, 0.2) is 0 Å². The first-order valence-corrected chi connectivity index (χ1v) is 8.04. The van der Waals surface area contributed by atoms with Crippen LogP contribution in [0.4, 0.5) is 10.1 Å². The third-order valence-electron chi connectivity index (χ3n) is 4.09. The molecule has 0 unspecified atom stereocenters. The molecule has 0 spiro atoms. The molecule has 3 heteroatoms. The zero-order chi connectivity index (χ0) is 17.8. The molecule has 0 bridgehead atoms. The summed E-state index contributed by atoms with van der Waals surface area (Å²) in [5.41, 5.74) is 4.83. The highest BCUT2D eigenvalue weighted by Gasteiger charge is 2.10. The highest BCUT2D eigenvalue weighted by Crippen LogP contribution is 2.32. The van der Waals surface area contributed by atoms with Crippen LogP contribution in [0.15, 0.2) is 60.7 Å². The van der Waals surface area contributed by atoms with Gasteiger partial charge in [0.25, 0.3) is 0 Å². The van der Waals surface area contributed by atoms with E-state index < -0.39 is 5.82 Å². The predicted molar refractivity (Wildman–Crippen MR) is 98.3 cm³/mol. The molecule has 0 radical (unpaired) electrons. The molecule has 0 amide bonds. The van der Waals surface area contributed by atoms with Crippen LogP contribution in [-0.4, -0.2) is 0 Å². The van der Waals surface area contributed by atoms with Crippen LogP contribution in [-0.2, 0) is 6.61 Å². The molecular weight excluding hydrogens is 313 g/mol. The average Bonchev–Trinajstić information content (AvgIpc) is 2.61. The summed E-state index contributed by atoms with van der Waals surface area (Å²) in [6.45, 7) is 11.4. The van der Waals surface area contributed by atoms with Gasteiger partial charge in [-0.05, 0) is 59.9 Å². The molecule has 25 heavy (non-hydrogen) atoms. The SMILES string of the molecule is [C-]#[N+]c1ccc(-c2cc(C)c(OCc3ccccc3)c(C)c2)cc1F. The van der Waals surface area contributed by atoms with Crippen molar-refractivity contribution in [2.24, 2.45) is 0 Å². The van der Waals surface area contributed by atoms with E-state index in [1.807, 2.05) is 56.3 Å². The van der Waals surface area contributed by atoms with E-state index in [0.29, 0.717) is 6.61 Å². The number of rotatable bonds is 4.